The Morgan fingerprint density at radius 1 is 1.53 bits per heavy atom. The summed E-state index contributed by atoms with van der Waals surface area (Å²) in [7, 11) is 1.60. The van der Waals surface area contributed by atoms with E-state index in [1.807, 2.05) is 24.5 Å². The zero-order chi connectivity index (χ0) is 11.3. The van der Waals surface area contributed by atoms with Crippen molar-refractivity contribution >= 4 is 17.7 Å². The molecule has 0 saturated carbocycles. The molecule has 0 saturated heterocycles. The van der Waals surface area contributed by atoms with Crippen molar-refractivity contribution in [1.29, 1.82) is 0 Å². The number of rotatable bonds is 5. The van der Waals surface area contributed by atoms with E-state index >= 15 is 0 Å². The minimum Gasteiger partial charge on any atom is -0.496 e. The Morgan fingerprint density at radius 2 is 2.27 bits per heavy atom. The predicted octanol–water partition coefficient (Wildman–Crippen LogP) is 2.43. The molecule has 0 radical (unpaired) electrons. The van der Waals surface area contributed by atoms with Crippen LogP contribution in [-0.2, 0) is 11.2 Å². The summed E-state index contributed by atoms with van der Waals surface area (Å²) >= 11 is 1.60. The highest BCUT2D eigenvalue weighted by Crippen LogP contribution is 2.29. The lowest BCUT2D eigenvalue weighted by Gasteiger charge is -2.11. The molecule has 0 aliphatic rings. The van der Waals surface area contributed by atoms with Gasteiger partial charge in [-0.25, -0.2) is 0 Å². The largest absolute Gasteiger partial charge is 0.496 e. The first kappa shape index (κ1) is 11.9. The van der Waals surface area contributed by atoms with Crippen LogP contribution >= 0.6 is 11.8 Å². The summed E-state index contributed by atoms with van der Waals surface area (Å²) in [4.78, 5) is 11.6. The van der Waals surface area contributed by atoms with Crippen LogP contribution in [0.2, 0.25) is 0 Å². The van der Waals surface area contributed by atoms with Crippen LogP contribution in [0, 0.1) is 0 Å². The second-order valence-electron chi connectivity index (χ2n) is 3.03. The van der Waals surface area contributed by atoms with Gasteiger partial charge in [0.15, 0.2) is 0 Å². The zero-order valence-electron chi connectivity index (χ0n) is 8.82. The number of aliphatic carboxylic acids is 1. The zero-order valence-corrected chi connectivity index (χ0v) is 9.63. The van der Waals surface area contributed by atoms with Gasteiger partial charge in [0.25, 0.3) is 0 Å². The summed E-state index contributed by atoms with van der Waals surface area (Å²) in [5.74, 6) is -0.0175. The van der Waals surface area contributed by atoms with Crippen molar-refractivity contribution in [2.24, 2.45) is 0 Å². The number of methoxy groups -OCH3 is 1. The van der Waals surface area contributed by atoms with Gasteiger partial charge in [0, 0.05) is 16.9 Å². The first-order valence-corrected chi connectivity index (χ1v) is 5.83. The first-order valence-electron chi connectivity index (χ1n) is 4.60. The molecule has 1 rings (SSSR count). The Morgan fingerprint density at radius 3 is 2.80 bits per heavy atom. The summed E-state index contributed by atoms with van der Waals surface area (Å²) in [6, 6.07) is 5.75. The van der Waals surface area contributed by atoms with Gasteiger partial charge >= 0.3 is 5.97 Å². The second-order valence-corrected chi connectivity index (χ2v) is 3.88. The van der Waals surface area contributed by atoms with Gasteiger partial charge in [-0.05, 0) is 24.8 Å². The van der Waals surface area contributed by atoms with Crippen LogP contribution in [0.4, 0.5) is 0 Å². The molecule has 0 fully saturated rings. The lowest BCUT2D eigenvalue weighted by molar-refractivity contribution is -0.136. The molecule has 0 amide bonds. The smallest absolute Gasteiger partial charge is 0.303 e. The predicted molar refractivity (Wildman–Crippen MR) is 60.7 cm³/mol. The highest BCUT2D eigenvalue weighted by atomic mass is 32.2. The van der Waals surface area contributed by atoms with Gasteiger partial charge in [0.1, 0.15) is 5.75 Å². The van der Waals surface area contributed by atoms with Gasteiger partial charge < -0.3 is 9.84 Å². The SMILES string of the molecule is COc1cccc(SC)c1CCC(=O)O. The molecule has 0 aliphatic carbocycles. The average molecular weight is 226 g/mol. The van der Waals surface area contributed by atoms with Crippen molar-refractivity contribution in [3.63, 3.8) is 0 Å². The molecule has 1 aromatic rings. The third-order valence-electron chi connectivity index (χ3n) is 2.12. The number of benzene rings is 1. The molecule has 1 aromatic carbocycles. The molecule has 0 aliphatic heterocycles. The third kappa shape index (κ3) is 3.16. The third-order valence-corrected chi connectivity index (χ3v) is 2.94. The van der Waals surface area contributed by atoms with Gasteiger partial charge in [-0.15, -0.1) is 11.8 Å². The molecule has 0 unspecified atom stereocenters. The summed E-state index contributed by atoms with van der Waals surface area (Å²) in [6.07, 6.45) is 2.61. The van der Waals surface area contributed by atoms with E-state index in [1.54, 1.807) is 18.9 Å². The van der Waals surface area contributed by atoms with Gasteiger partial charge in [0.2, 0.25) is 0 Å². The number of carbonyl (C=O) groups is 1. The summed E-state index contributed by atoms with van der Waals surface area (Å²) in [5, 5.41) is 8.65. The van der Waals surface area contributed by atoms with Crippen molar-refractivity contribution in [2.45, 2.75) is 17.7 Å². The van der Waals surface area contributed by atoms with Crippen LogP contribution in [-0.4, -0.2) is 24.4 Å². The highest BCUT2D eigenvalue weighted by Gasteiger charge is 2.09. The van der Waals surface area contributed by atoms with Gasteiger partial charge in [-0.2, -0.15) is 0 Å². The number of hydrogen-bond donors (Lipinski definition) is 1. The van der Waals surface area contributed by atoms with E-state index in [-0.39, 0.29) is 6.42 Å². The molecule has 0 spiro atoms. The van der Waals surface area contributed by atoms with Crippen molar-refractivity contribution in [3.8, 4) is 5.75 Å². The Labute approximate surface area is 93.4 Å². The minimum atomic E-state index is -0.784. The molecule has 15 heavy (non-hydrogen) atoms. The number of carboxylic acid groups (broad SMARTS) is 1. The van der Waals surface area contributed by atoms with E-state index in [2.05, 4.69) is 0 Å². The standard InChI is InChI=1S/C11H14O3S/c1-14-9-4-3-5-10(15-2)8(9)6-7-11(12)13/h3-5H,6-7H2,1-2H3,(H,12,13). The van der Waals surface area contributed by atoms with Crippen LogP contribution in [0.25, 0.3) is 0 Å². The van der Waals surface area contributed by atoms with Crippen molar-refractivity contribution in [3.05, 3.63) is 23.8 Å². The van der Waals surface area contributed by atoms with Crippen LogP contribution in [0.15, 0.2) is 23.1 Å². The van der Waals surface area contributed by atoms with Gasteiger partial charge in [0.05, 0.1) is 7.11 Å². The normalized spacial score (nSPS) is 10.0. The molecule has 82 valence electrons. The highest BCUT2D eigenvalue weighted by molar-refractivity contribution is 7.98. The fourth-order valence-corrected chi connectivity index (χ4v) is 2.07. The van der Waals surface area contributed by atoms with E-state index in [9.17, 15) is 4.79 Å². The fraction of sp³-hybridized carbons (Fsp3) is 0.364. The second kappa shape index (κ2) is 5.66. The molecule has 3 nitrogen and oxygen atoms in total. The lowest BCUT2D eigenvalue weighted by atomic mass is 10.1. The summed E-state index contributed by atoms with van der Waals surface area (Å²) < 4.78 is 5.21. The van der Waals surface area contributed by atoms with E-state index in [0.717, 1.165) is 16.2 Å². The molecule has 0 aromatic heterocycles. The Hall–Kier alpha value is -1.16. The van der Waals surface area contributed by atoms with Crippen LogP contribution in [0.1, 0.15) is 12.0 Å². The summed E-state index contributed by atoms with van der Waals surface area (Å²) in [6.45, 7) is 0. The molecule has 4 heteroatoms. The number of ether oxygens (including phenoxy) is 1. The minimum absolute atomic E-state index is 0.133. The van der Waals surface area contributed by atoms with Crippen molar-refractivity contribution in [1.82, 2.24) is 0 Å². The molecule has 0 bridgehead atoms. The molecular formula is C11H14O3S. The Bertz CT molecular complexity index is 327. The first-order chi connectivity index (χ1) is 7.19. The van der Waals surface area contributed by atoms with Crippen molar-refractivity contribution < 1.29 is 14.6 Å². The fourth-order valence-electron chi connectivity index (χ4n) is 1.41. The van der Waals surface area contributed by atoms with Crippen LogP contribution in [0.3, 0.4) is 0 Å². The average Bonchev–Trinajstić information content (AvgIpc) is 2.25. The topological polar surface area (TPSA) is 46.5 Å². The maximum atomic E-state index is 10.5. The van der Waals surface area contributed by atoms with E-state index in [1.165, 1.54) is 0 Å². The molecule has 0 heterocycles. The van der Waals surface area contributed by atoms with E-state index in [0.29, 0.717) is 6.42 Å². The van der Waals surface area contributed by atoms with Gasteiger partial charge in [-0.3, -0.25) is 4.79 Å². The number of carboxylic acids is 1. The molecule has 0 atom stereocenters. The van der Waals surface area contributed by atoms with Crippen LogP contribution in [0.5, 0.6) is 5.75 Å². The lowest BCUT2D eigenvalue weighted by Crippen LogP contribution is -2.00. The van der Waals surface area contributed by atoms with E-state index in [4.69, 9.17) is 9.84 Å². The van der Waals surface area contributed by atoms with Crippen LogP contribution < -0.4 is 4.74 Å². The molecule has 1 N–H and O–H groups in total. The Balaban J connectivity index is 2.94. The maximum absolute atomic E-state index is 10.5. The van der Waals surface area contributed by atoms with Crippen molar-refractivity contribution in [2.75, 3.05) is 13.4 Å². The monoisotopic (exact) mass is 226 g/mol. The number of hydrogen-bond acceptors (Lipinski definition) is 3. The summed E-state index contributed by atoms with van der Waals surface area (Å²) in [5.41, 5.74) is 0.981. The molecular weight excluding hydrogens is 212 g/mol. The Kier molecular flexibility index (Phi) is 4.49. The number of thioether (sulfide) groups is 1. The quantitative estimate of drug-likeness (QED) is 0.783. The maximum Gasteiger partial charge on any atom is 0.303 e. The van der Waals surface area contributed by atoms with E-state index < -0.39 is 5.97 Å². The van der Waals surface area contributed by atoms with Gasteiger partial charge in [-0.1, -0.05) is 6.07 Å².